The first-order chi connectivity index (χ1) is 9.94. The molecule has 0 unspecified atom stereocenters. The van der Waals surface area contributed by atoms with E-state index in [1.54, 1.807) is 36.4 Å². The molecule has 0 saturated heterocycles. The second-order valence-corrected chi connectivity index (χ2v) is 7.02. The fourth-order valence-corrected chi connectivity index (χ4v) is 3.29. The number of furan rings is 1. The van der Waals surface area contributed by atoms with Gasteiger partial charge >= 0.3 is 0 Å². The van der Waals surface area contributed by atoms with E-state index in [1.165, 1.54) is 6.26 Å². The molecule has 1 N–H and O–H groups in total. The molecule has 0 fully saturated rings. The van der Waals surface area contributed by atoms with Crippen LogP contribution in [0.4, 0.5) is 0 Å². The van der Waals surface area contributed by atoms with Crippen molar-refractivity contribution >= 4 is 27.3 Å². The summed E-state index contributed by atoms with van der Waals surface area (Å²) < 4.78 is 29.0. The molecule has 2 aromatic rings. The third-order valence-electron chi connectivity index (χ3n) is 2.67. The van der Waals surface area contributed by atoms with Gasteiger partial charge in [-0.15, -0.1) is 0 Å². The number of hydrogen-bond donors (Lipinski definition) is 1. The summed E-state index contributed by atoms with van der Waals surface area (Å²) in [7, 11) is -3.54. The minimum absolute atomic E-state index is 0.165. The summed E-state index contributed by atoms with van der Waals surface area (Å²) in [6.45, 7) is 0.165. The first kappa shape index (κ1) is 15.6. The van der Waals surface area contributed by atoms with Crippen molar-refractivity contribution in [2.75, 3.05) is 5.75 Å². The van der Waals surface area contributed by atoms with E-state index >= 15 is 0 Å². The van der Waals surface area contributed by atoms with E-state index < -0.39 is 21.5 Å². The highest BCUT2D eigenvalue weighted by molar-refractivity contribution is 7.91. The Morgan fingerprint density at radius 2 is 2.05 bits per heavy atom. The van der Waals surface area contributed by atoms with E-state index in [1.807, 2.05) is 0 Å². The molecular formula is C14H14ClNO4S. The van der Waals surface area contributed by atoms with Crippen molar-refractivity contribution in [3.63, 3.8) is 0 Å². The van der Waals surface area contributed by atoms with Gasteiger partial charge < -0.3 is 9.73 Å². The summed E-state index contributed by atoms with van der Waals surface area (Å²) in [4.78, 5) is 11.7. The van der Waals surface area contributed by atoms with Crippen LogP contribution in [0.25, 0.3) is 0 Å². The molecule has 1 amide bonds. The van der Waals surface area contributed by atoms with Crippen molar-refractivity contribution in [2.24, 2.45) is 0 Å². The number of hydrogen-bond acceptors (Lipinski definition) is 4. The van der Waals surface area contributed by atoms with Crippen LogP contribution in [0.15, 0.2) is 47.1 Å². The van der Waals surface area contributed by atoms with Crippen molar-refractivity contribution in [1.82, 2.24) is 5.32 Å². The molecule has 0 bridgehead atoms. The van der Waals surface area contributed by atoms with Gasteiger partial charge in [0, 0.05) is 5.02 Å². The lowest BCUT2D eigenvalue weighted by atomic mass is 10.2. The van der Waals surface area contributed by atoms with E-state index in [9.17, 15) is 13.2 Å². The van der Waals surface area contributed by atoms with Gasteiger partial charge in [-0.05, 0) is 29.8 Å². The molecule has 0 aliphatic heterocycles. The van der Waals surface area contributed by atoms with Crippen molar-refractivity contribution in [1.29, 1.82) is 0 Å². The van der Waals surface area contributed by atoms with Gasteiger partial charge in [-0.25, -0.2) is 8.42 Å². The van der Waals surface area contributed by atoms with Crippen LogP contribution in [-0.2, 0) is 26.9 Å². The number of benzene rings is 1. The van der Waals surface area contributed by atoms with Crippen molar-refractivity contribution in [2.45, 2.75) is 12.3 Å². The SMILES string of the molecule is O=C(CS(=O)(=O)Cc1cccc(Cl)c1)NCc1ccco1. The number of carbonyl (C=O) groups excluding carboxylic acids is 1. The molecule has 0 saturated carbocycles. The molecule has 7 heteroatoms. The lowest BCUT2D eigenvalue weighted by molar-refractivity contribution is -0.118. The fourth-order valence-electron chi connectivity index (χ4n) is 1.78. The molecule has 1 aromatic carbocycles. The number of nitrogens with one attached hydrogen (secondary N) is 1. The van der Waals surface area contributed by atoms with Crippen LogP contribution in [0.3, 0.4) is 0 Å². The molecule has 1 aromatic heterocycles. The second kappa shape index (κ2) is 6.78. The quantitative estimate of drug-likeness (QED) is 0.882. The number of amides is 1. The molecule has 0 aliphatic rings. The predicted molar refractivity (Wildman–Crippen MR) is 79.5 cm³/mol. The van der Waals surface area contributed by atoms with Crippen LogP contribution in [0.5, 0.6) is 0 Å². The largest absolute Gasteiger partial charge is 0.467 e. The smallest absolute Gasteiger partial charge is 0.235 e. The average molecular weight is 328 g/mol. The first-order valence-electron chi connectivity index (χ1n) is 6.18. The Morgan fingerprint density at radius 3 is 2.71 bits per heavy atom. The average Bonchev–Trinajstić information content (AvgIpc) is 2.88. The molecule has 0 atom stereocenters. The highest BCUT2D eigenvalue weighted by Crippen LogP contribution is 2.13. The van der Waals surface area contributed by atoms with Crippen LogP contribution in [-0.4, -0.2) is 20.1 Å². The van der Waals surface area contributed by atoms with Gasteiger partial charge in [0.15, 0.2) is 9.84 Å². The highest BCUT2D eigenvalue weighted by atomic mass is 35.5. The summed E-state index contributed by atoms with van der Waals surface area (Å²) >= 11 is 5.80. The maximum Gasteiger partial charge on any atom is 0.235 e. The van der Waals surface area contributed by atoms with Gasteiger partial charge in [0.1, 0.15) is 11.5 Å². The van der Waals surface area contributed by atoms with E-state index in [2.05, 4.69) is 5.32 Å². The van der Waals surface area contributed by atoms with Gasteiger partial charge in [-0.3, -0.25) is 4.79 Å². The van der Waals surface area contributed by atoms with E-state index in [0.29, 0.717) is 16.3 Å². The van der Waals surface area contributed by atoms with Crippen molar-refractivity contribution in [3.8, 4) is 0 Å². The minimum atomic E-state index is -3.54. The normalized spacial score (nSPS) is 11.3. The van der Waals surface area contributed by atoms with Gasteiger partial charge in [0.25, 0.3) is 0 Å². The van der Waals surface area contributed by atoms with Gasteiger partial charge in [-0.1, -0.05) is 23.7 Å². The van der Waals surface area contributed by atoms with Crippen molar-refractivity contribution in [3.05, 3.63) is 59.0 Å². The Bertz CT molecular complexity index is 710. The zero-order valence-electron chi connectivity index (χ0n) is 11.1. The summed E-state index contributed by atoms with van der Waals surface area (Å²) in [5.74, 6) is -0.786. The Hall–Kier alpha value is -1.79. The Balaban J connectivity index is 1.89. The molecule has 0 aliphatic carbocycles. The Labute approximate surface area is 127 Å². The van der Waals surface area contributed by atoms with Gasteiger partial charge in [-0.2, -0.15) is 0 Å². The molecule has 112 valence electrons. The molecule has 1 heterocycles. The maximum atomic E-state index is 12.0. The molecule has 0 radical (unpaired) electrons. The maximum absolute atomic E-state index is 12.0. The zero-order chi connectivity index (χ0) is 15.3. The second-order valence-electron chi connectivity index (χ2n) is 4.52. The zero-order valence-corrected chi connectivity index (χ0v) is 12.7. The van der Waals surface area contributed by atoms with E-state index in [-0.39, 0.29) is 12.3 Å². The Kier molecular flexibility index (Phi) is 5.03. The van der Waals surface area contributed by atoms with Crippen LogP contribution in [0, 0.1) is 0 Å². The van der Waals surface area contributed by atoms with Gasteiger partial charge in [0.2, 0.25) is 5.91 Å². The highest BCUT2D eigenvalue weighted by Gasteiger charge is 2.17. The number of carbonyl (C=O) groups is 1. The van der Waals surface area contributed by atoms with Crippen LogP contribution >= 0.6 is 11.6 Å². The Morgan fingerprint density at radius 1 is 1.24 bits per heavy atom. The van der Waals surface area contributed by atoms with E-state index in [4.69, 9.17) is 16.0 Å². The van der Waals surface area contributed by atoms with Crippen LogP contribution in [0.1, 0.15) is 11.3 Å². The molecule has 2 rings (SSSR count). The standard InChI is InChI=1S/C14H14ClNO4S/c15-12-4-1-3-11(7-12)9-21(18,19)10-14(17)16-8-13-5-2-6-20-13/h1-7H,8-10H2,(H,16,17). The first-order valence-corrected chi connectivity index (χ1v) is 8.38. The summed E-state index contributed by atoms with van der Waals surface area (Å²) in [6.07, 6.45) is 1.48. The lowest BCUT2D eigenvalue weighted by Crippen LogP contribution is -2.30. The summed E-state index contributed by atoms with van der Waals surface area (Å²) in [6, 6.07) is 9.94. The molecule has 5 nitrogen and oxygen atoms in total. The minimum Gasteiger partial charge on any atom is -0.467 e. The number of sulfone groups is 1. The van der Waals surface area contributed by atoms with Crippen LogP contribution in [0.2, 0.25) is 5.02 Å². The van der Waals surface area contributed by atoms with E-state index in [0.717, 1.165) is 0 Å². The third-order valence-corrected chi connectivity index (χ3v) is 4.38. The van der Waals surface area contributed by atoms with Crippen molar-refractivity contribution < 1.29 is 17.6 Å². The fraction of sp³-hybridized carbons (Fsp3) is 0.214. The monoisotopic (exact) mass is 327 g/mol. The predicted octanol–water partition coefficient (Wildman–Crippen LogP) is 2.16. The molecule has 0 spiro atoms. The summed E-state index contributed by atoms with van der Waals surface area (Å²) in [5, 5.41) is 2.96. The topological polar surface area (TPSA) is 76.4 Å². The third kappa shape index (κ3) is 5.24. The summed E-state index contributed by atoms with van der Waals surface area (Å²) in [5.41, 5.74) is 0.557. The molecular weight excluding hydrogens is 314 g/mol. The van der Waals surface area contributed by atoms with Crippen LogP contribution < -0.4 is 5.32 Å². The lowest BCUT2D eigenvalue weighted by Gasteiger charge is -2.06. The molecule has 21 heavy (non-hydrogen) atoms. The number of rotatable bonds is 6. The number of halogens is 1. The van der Waals surface area contributed by atoms with Gasteiger partial charge in [0.05, 0.1) is 18.6 Å².